The highest BCUT2D eigenvalue weighted by molar-refractivity contribution is 4.83. The largest absolute Gasteiger partial charge is 0.390 e. The summed E-state index contributed by atoms with van der Waals surface area (Å²) in [6.45, 7) is 12.5. The van der Waals surface area contributed by atoms with Gasteiger partial charge in [0.2, 0.25) is 0 Å². The molecule has 0 radical (unpaired) electrons. The second kappa shape index (κ2) is 3.57. The van der Waals surface area contributed by atoms with Crippen molar-refractivity contribution in [1.29, 1.82) is 0 Å². The summed E-state index contributed by atoms with van der Waals surface area (Å²) < 4.78 is 0. The van der Waals surface area contributed by atoms with Gasteiger partial charge in [0.05, 0.1) is 5.60 Å². The van der Waals surface area contributed by atoms with Gasteiger partial charge in [0.15, 0.2) is 0 Å². The molecule has 0 heterocycles. The molecule has 0 aliphatic heterocycles. The Balaban J connectivity index is 4.29. The summed E-state index contributed by atoms with van der Waals surface area (Å²) in [4.78, 5) is 0. The van der Waals surface area contributed by atoms with E-state index in [2.05, 4.69) is 34.6 Å². The van der Waals surface area contributed by atoms with Crippen molar-refractivity contribution < 1.29 is 5.11 Å². The molecule has 0 aromatic heterocycles. The summed E-state index contributed by atoms with van der Waals surface area (Å²) in [6, 6.07) is 0. The zero-order chi connectivity index (χ0) is 9.23. The summed E-state index contributed by atoms with van der Waals surface area (Å²) in [7, 11) is 0. The molecule has 0 rings (SSSR count). The normalized spacial score (nSPS) is 20.5. The SMILES string of the molecule is CC(C)[C@H](C)[C@@](C)(O)C(C)C. The second-order valence-electron chi connectivity index (χ2n) is 4.41. The van der Waals surface area contributed by atoms with Crippen LogP contribution in [-0.2, 0) is 0 Å². The Labute approximate surface area is 70.8 Å². The van der Waals surface area contributed by atoms with Crippen LogP contribution in [-0.4, -0.2) is 10.7 Å². The molecule has 1 N–H and O–H groups in total. The van der Waals surface area contributed by atoms with E-state index in [1.807, 2.05) is 6.92 Å². The Bertz CT molecular complexity index is 114. The van der Waals surface area contributed by atoms with E-state index in [0.29, 0.717) is 17.8 Å². The van der Waals surface area contributed by atoms with E-state index in [4.69, 9.17) is 0 Å². The molecule has 0 unspecified atom stereocenters. The predicted molar refractivity (Wildman–Crippen MR) is 49.5 cm³/mol. The Morgan fingerprint density at radius 2 is 1.36 bits per heavy atom. The molecule has 0 amide bonds. The van der Waals surface area contributed by atoms with Crippen LogP contribution in [0.3, 0.4) is 0 Å². The number of hydrogen-bond donors (Lipinski definition) is 1. The van der Waals surface area contributed by atoms with Crippen LogP contribution in [0.1, 0.15) is 41.5 Å². The zero-order valence-corrected chi connectivity index (χ0v) is 8.68. The van der Waals surface area contributed by atoms with Crippen molar-refractivity contribution in [3.8, 4) is 0 Å². The quantitative estimate of drug-likeness (QED) is 0.669. The minimum Gasteiger partial charge on any atom is -0.390 e. The van der Waals surface area contributed by atoms with Crippen LogP contribution in [0, 0.1) is 17.8 Å². The number of rotatable bonds is 3. The zero-order valence-electron chi connectivity index (χ0n) is 8.68. The van der Waals surface area contributed by atoms with Crippen molar-refractivity contribution in [3.05, 3.63) is 0 Å². The highest BCUT2D eigenvalue weighted by atomic mass is 16.3. The van der Waals surface area contributed by atoms with Gasteiger partial charge in [0.1, 0.15) is 0 Å². The van der Waals surface area contributed by atoms with Gasteiger partial charge in [-0.3, -0.25) is 0 Å². The molecule has 0 aromatic rings. The third-order valence-corrected chi connectivity index (χ3v) is 3.09. The molecule has 11 heavy (non-hydrogen) atoms. The fraction of sp³-hybridized carbons (Fsp3) is 1.00. The van der Waals surface area contributed by atoms with Crippen LogP contribution in [0.4, 0.5) is 0 Å². The van der Waals surface area contributed by atoms with Crippen LogP contribution >= 0.6 is 0 Å². The molecule has 0 aliphatic rings. The third kappa shape index (κ3) is 2.48. The van der Waals surface area contributed by atoms with Crippen LogP contribution < -0.4 is 0 Å². The minimum absolute atomic E-state index is 0.333. The van der Waals surface area contributed by atoms with E-state index in [-0.39, 0.29) is 0 Å². The molecule has 0 saturated heterocycles. The average Bonchev–Trinajstić information content (AvgIpc) is 1.85. The fourth-order valence-corrected chi connectivity index (χ4v) is 1.20. The summed E-state index contributed by atoms with van der Waals surface area (Å²) >= 11 is 0. The molecule has 0 aliphatic carbocycles. The molecule has 68 valence electrons. The van der Waals surface area contributed by atoms with Gasteiger partial charge in [-0.2, -0.15) is 0 Å². The van der Waals surface area contributed by atoms with E-state index in [1.54, 1.807) is 0 Å². The van der Waals surface area contributed by atoms with Gasteiger partial charge in [0, 0.05) is 0 Å². The molecule has 0 spiro atoms. The number of hydrogen-bond acceptors (Lipinski definition) is 1. The monoisotopic (exact) mass is 158 g/mol. The second-order valence-corrected chi connectivity index (χ2v) is 4.41. The van der Waals surface area contributed by atoms with Crippen molar-refractivity contribution in [2.24, 2.45) is 17.8 Å². The highest BCUT2D eigenvalue weighted by Gasteiger charge is 2.33. The van der Waals surface area contributed by atoms with E-state index < -0.39 is 5.60 Å². The smallest absolute Gasteiger partial charge is 0.0670 e. The lowest BCUT2D eigenvalue weighted by Gasteiger charge is -2.36. The van der Waals surface area contributed by atoms with Gasteiger partial charge in [-0.25, -0.2) is 0 Å². The minimum atomic E-state index is -0.520. The Kier molecular flexibility index (Phi) is 3.56. The van der Waals surface area contributed by atoms with Crippen LogP contribution in [0.2, 0.25) is 0 Å². The van der Waals surface area contributed by atoms with E-state index in [1.165, 1.54) is 0 Å². The Hall–Kier alpha value is -0.0400. The Morgan fingerprint density at radius 3 is 1.45 bits per heavy atom. The van der Waals surface area contributed by atoms with Crippen molar-refractivity contribution in [1.82, 2.24) is 0 Å². The lowest BCUT2D eigenvalue weighted by molar-refractivity contribution is -0.0512. The van der Waals surface area contributed by atoms with Crippen molar-refractivity contribution in [3.63, 3.8) is 0 Å². The molecule has 0 fully saturated rings. The lowest BCUT2D eigenvalue weighted by Crippen LogP contribution is -2.40. The standard InChI is InChI=1S/C10H22O/c1-7(2)9(5)10(6,11)8(3)4/h7-9,11H,1-6H3/t9-,10-/m0/s1. The van der Waals surface area contributed by atoms with Gasteiger partial charge < -0.3 is 5.11 Å². The topological polar surface area (TPSA) is 20.2 Å². The highest BCUT2D eigenvalue weighted by Crippen LogP contribution is 2.30. The average molecular weight is 158 g/mol. The van der Waals surface area contributed by atoms with Gasteiger partial charge in [-0.15, -0.1) is 0 Å². The predicted octanol–water partition coefficient (Wildman–Crippen LogP) is 2.69. The molecule has 0 aromatic carbocycles. The Morgan fingerprint density at radius 1 is 1.00 bits per heavy atom. The molecular weight excluding hydrogens is 136 g/mol. The summed E-state index contributed by atoms with van der Waals surface area (Å²) in [6.07, 6.45) is 0. The molecule has 1 nitrogen and oxygen atoms in total. The van der Waals surface area contributed by atoms with Crippen molar-refractivity contribution >= 4 is 0 Å². The first kappa shape index (κ1) is 11.0. The fourth-order valence-electron chi connectivity index (χ4n) is 1.20. The maximum absolute atomic E-state index is 10.0. The lowest BCUT2D eigenvalue weighted by atomic mass is 9.76. The molecule has 0 bridgehead atoms. The molecular formula is C10H22O. The first-order valence-corrected chi connectivity index (χ1v) is 4.52. The van der Waals surface area contributed by atoms with Crippen molar-refractivity contribution in [2.45, 2.75) is 47.1 Å². The van der Waals surface area contributed by atoms with Crippen LogP contribution in [0.5, 0.6) is 0 Å². The van der Waals surface area contributed by atoms with Gasteiger partial charge in [-0.05, 0) is 24.7 Å². The van der Waals surface area contributed by atoms with Crippen LogP contribution in [0.15, 0.2) is 0 Å². The van der Waals surface area contributed by atoms with Crippen molar-refractivity contribution in [2.75, 3.05) is 0 Å². The maximum Gasteiger partial charge on any atom is 0.0670 e. The number of aliphatic hydroxyl groups is 1. The maximum atomic E-state index is 10.0. The first-order valence-electron chi connectivity index (χ1n) is 4.52. The van der Waals surface area contributed by atoms with E-state index in [0.717, 1.165) is 0 Å². The molecule has 2 atom stereocenters. The summed E-state index contributed by atoms with van der Waals surface area (Å²) in [5.74, 6) is 1.25. The van der Waals surface area contributed by atoms with Gasteiger partial charge in [0.25, 0.3) is 0 Å². The van der Waals surface area contributed by atoms with E-state index in [9.17, 15) is 5.11 Å². The molecule has 1 heteroatoms. The van der Waals surface area contributed by atoms with Crippen LogP contribution in [0.25, 0.3) is 0 Å². The first-order chi connectivity index (χ1) is 4.80. The summed E-state index contributed by atoms with van der Waals surface area (Å²) in [5, 5.41) is 10.0. The summed E-state index contributed by atoms with van der Waals surface area (Å²) in [5.41, 5.74) is -0.520. The third-order valence-electron chi connectivity index (χ3n) is 3.09. The molecule has 0 saturated carbocycles. The van der Waals surface area contributed by atoms with Gasteiger partial charge in [-0.1, -0.05) is 34.6 Å². The van der Waals surface area contributed by atoms with Gasteiger partial charge >= 0.3 is 0 Å². The van der Waals surface area contributed by atoms with E-state index >= 15 is 0 Å².